The van der Waals surface area contributed by atoms with E-state index in [9.17, 15) is 9.59 Å². The summed E-state index contributed by atoms with van der Waals surface area (Å²) in [6.07, 6.45) is 2.09. The number of amides is 2. The molecule has 1 fully saturated rings. The lowest BCUT2D eigenvalue weighted by Gasteiger charge is -2.18. The summed E-state index contributed by atoms with van der Waals surface area (Å²) in [7, 11) is 3.11. The van der Waals surface area contributed by atoms with E-state index in [1.165, 1.54) is 0 Å². The molecule has 2 aromatic rings. The van der Waals surface area contributed by atoms with Crippen LogP contribution in [-0.2, 0) is 11.2 Å². The van der Waals surface area contributed by atoms with E-state index in [0.29, 0.717) is 27.8 Å². The molecule has 0 aliphatic carbocycles. The van der Waals surface area contributed by atoms with Gasteiger partial charge in [-0.25, -0.2) is 0 Å². The minimum absolute atomic E-state index is 0.0912. The quantitative estimate of drug-likeness (QED) is 0.798. The van der Waals surface area contributed by atoms with Crippen molar-refractivity contribution in [2.45, 2.75) is 19.3 Å². The Kier molecular flexibility index (Phi) is 6.41. The highest BCUT2D eigenvalue weighted by atomic mass is 35.5. The molecule has 0 spiro atoms. The third kappa shape index (κ3) is 4.57. The van der Waals surface area contributed by atoms with Crippen LogP contribution in [0.15, 0.2) is 36.4 Å². The van der Waals surface area contributed by atoms with Crippen molar-refractivity contribution >= 4 is 29.1 Å². The summed E-state index contributed by atoms with van der Waals surface area (Å²) >= 11 is 6.10. The number of anilines is 1. The molecule has 2 aromatic carbocycles. The van der Waals surface area contributed by atoms with Crippen molar-refractivity contribution in [1.82, 2.24) is 4.90 Å². The average Bonchev–Trinajstić information content (AvgIpc) is 3.22. The molecule has 0 radical (unpaired) electrons. The summed E-state index contributed by atoms with van der Waals surface area (Å²) in [5.41, 5.74) is 1.58. The number of nitrogens with one attached hydrogen (secondary N) is 1. The summed E-state index contributed by atoms with van der Waals surface area (Å²) < 4.78 is 10.5. The van der Waals surface area contributed by atoms with Gasteiger partial charge in [-0.1, -0.05) is 17.7 Å². The molecule has 0 atom stereocenters. The molecule has 2 amide bonds. The minimum atomic E-state index is -0.263. The van der Waals surface area contributed by atoms with Crippen molar-refractivity contribution in [2.24, 2.45) is 0 Å². The van der Waals surface area contributed by atoms with Crippen LogP contribution >= 0.6 is 11.6 Å². The molecule has 7 heteroatoms. The second kappa shape index (κ2) is 8.97. The summed E-state index contributed by atoms with van der Waals surface area (Å²) in [6.45, 7) is 1.47. The number of halogens is 1. The first-order valence-corrected chi connectivity index (χ1v) is 9.49. The number of benzene rings is 2. The van der Waals surface area contributed by atoms with Crippen molar-refractivity contribution in [1.29, 1.82) is 0 Å². The van der Waals surface area contributed by atoms with Gasteiger partial charge in [0.05, 0.1) is 31.9 Å². The average molecular weight is 403 g/mol. The maximum Gasteiger partial charge on any atom is 0.255 e. The zero-order valence-electron chi connectivity index (χ0n) is 16.0. The monoisotopic (exact) mass is 402 g/mol. The molecule has 28 heavy (non-hydrogen) atoms. The van der Waals surface area contributed by atoms with Gasteiger partial charge in [-0.2, -0.15) is 0 Å². The first kappa shape index (κ1) is 20.0. The van der Waals surface area contributed by atoms with Gasteiger partial charge >= 0.3 is 0 Å². The number of ether oxygens (including phenoxy) is 2. The van der Waals surface area contributed by atoms with E-state index in [-0.39, 0.29) is 18.2 Å². The molecule has 148 valence electrons. The Hall–Kier alpha value is -2.73. The maximum atomic E-state index is 12.8. The lowest BCUT2D eigenvalue weighted by Crippen LogP contribution is -2.29. The van der Waals surface area contributed by atoms with E-state index in [1.807, 2.05) is 0 Å². The molecular formula is C21H23ClN2O4. The van der Waals surface area contributed by atoms with Crippen LogP contribution in [0.25, 0.3) is 0 Å². The van der Waals surface area contributed by atoms with E-state index in [4.69, 9.17) is 21.1 Å². The largest absolute Gasteiger partial charge is 0.497 e. The molecule has 1 aliphatic heterocycles. The number of methoxy groups -OCH3 is 2. The van der Waals surface area contributed by atoms with Crippen LogP contribution in [0, 0.1) is 0 Å². The number of hydrogen-bond donors (Lipinski definition) is 1. The fourth-order valence-corrected chi connectivity index (χ4v) is 3.43. The van der Waals surface area contributed by atoms with Crippen molar-refractivity contribution in [2.75, 3.05) is 32.6 Å². The van der Waals surface area contributed by atoms with E-state index in [0.717, 1.165) is 31.5 Å². The summed E-state index contributed by atoms with van der Waals surface area (Å²) in [5, 5.41) is 3.28. The lowest BCUT2D eigenvalue weighted by molar-refractivity contribution is -0.115. The van der Waals surface area contributed by atoms with Gasteiger partial charge in [0.25, 0.3) is 5.91 Å². The predicted molar refractivity (Wildman–Crippen MR) is 108 cm³/mol. The number of hydrogen-bond acceptors (Lipinski definition) is 4. The first-order chi connectivity index (χ1) is 13.5. The van der Waals surface area contributed by atoms with Gasteiger partial charge in [-0.3, -0.25) is 9.59 Å². The highest BCUT2D eigenvalue weighted by molar-refractivity contribution is 6.31. The third-order valence-corrected chi connectivity index (χ3v) is 4.96. The maximum absolute atomic E-state index is 12.8. The normalized spacial score (nSPS) is 13.3. The van der Waals surface area contributed by atoms with E-state index in [2.05, 4.69) is 5.32 Å². The third-order valence-electron chi connectivity index (χ3n) is 4.72. The highest BCUT2D eigenvalue weighted by Crippen LogP contribution is 2.27. The van der Waals surface area contributed by atoms with E-state index in [1.54, 1.807) is 55.5 Å². The standard InChI is InChI=1S/C21H23ClN2O4/c1-27-16-7-5-14(19(13-16)28-2)11-20(25)23-18-12-15(22)6-8-17(18)21(26)24-9-3-4-10-24/h5-8,12-13H,3-4,9-11H2,1-2H3,(H,23,25). The number of carbonyl (C=O) groups excluding carboxylic acids is 2. The van der Waals surface area contributed by atoms with Crippen LogP contribution < -0.4 is 14.8 Å². The first-order valence-electron chi connectivity index (χ1n) is 9.11. The van der Waals surface area contributed by atoms with Gasteiger partial charge in [0.15, 0.2) is 0 Å². The van der Waals surface area contributed by atoms with Crippen LogP contribution in [0.1, 0.15) is 28.8 Å². The Bertz CT molecular complexity index is 879. The Labute approximate surface area is 169 Å². The van der Waals surface area contributed by atoms with Crippen LogP contribution in [0.2, 0.25) is 5.02 Å². The number of carbonyl (C=O) groups is 2. The van der Waals surface area contributed by atoms with Crippen molar-refractivity contribution in [3.63, 3.8) is 0 Å². The smallest absolute Gasteiger partial charge is 0.255 e. The van der Waals surface area contributed by atoms with Crippen molar-refractivity contribution < 1.29 is 19.1 Å². The Balaban J connectivity index is 1.78. The molecule has 1 heterocycles. The second-order valence-corrected chi connectivity index (χ2v) is 7.03. The van der Waals surface area contributed by atoms with Crippen molar-refractivity contribution in [3.05, 3.63) is 52.5 Å². The van der Waals surface area contributed by atoms with Gasteiger partial charge in [0.1, 0.15) is 11.5 Å². The topological polar surface area (TPSA) is 67.9 Å². The van der Waals surface area contributed by atoms with Crippen LogP contribution in [0.5, 0.6) is 11.5 Å². The summed E-state index contributed by atoms with van der Waals surface area (Å²) in [6, 6.07) is 10.2. The number of rotatable bonds is 6. The molecule has 0 aromatic heterocycles. The number of likely N-dealkylation sites (tertiary alicyclic amines) is 1. The molecule has 1 saturated heterocycles. The van der Waals surface area contributed by atoms with E-state index >= 15 is 0 Å². The minimum Gasteiger partial charge on any atom is -0.497 e. The molecule has 0 bridgehead atoms. The molecule has 3 rings (SSSR count). The predicted octanol–water partition coefficient (Wildman–Crippen LogP) is 3.77. The zero-order chi connectivity index (χ0) is 20.1. The van der Waals surface area contributed by atoms with Crippen molar-refractivity contribution in [3.8, 4) is 11.5 Å². The lowest BCUT2D eigenvalue weighted by atomic mass is 10.1. The van der Waals surface area contributed by atoms with Gasteiger partial charge in [-0.15, -0.1) is 0 Å². The van der Waals surface area contributed by atoms with Gasteiger partial charge in [-0.05, 0) is 37.1 Å². The SMILES string of the molecule is COc1ccc(CC(=O)Nc2cc(Cl)ccc2C(=O)N2CCCC2)c(OC)c1. The van der Waals surface area contributed by atoms with Gasteiger partial charge in [0.2, 0.25) is 5.91 Å². The van der Waals surface area contributed by atoms with Crippen LogP contribution in [0.4, 0.5) is 5.69 Å². The molecule has 6 nitrogen and oxygen atoms in total. The zero-order valence-corrected chi connectivity index (χ0v) is 16.7. The van der Waals surface area contributed by atoms with Crippen LogP contribution in [-0.4, -0.2) is 44.0 Å². The molecule has 1 N–H and O–H groups in total. The fourth-order valence-electron chi connectivity index (χ4n) is 3.26. The molecule has 1 aliphatic rings. The fraction of sp³-hybridized carbons (Fsp3) is 0.333. The van der Waals surface area contributed by atoms with Gasteiger partial charge in [0, 0.05) is 29.7 Å². The van der Waals surface area contributed by atoms with Crippen LogP contribution in [0.3, 0.4) is 0 Å². The highest BCUT2D eigenvalue weighted by Gasteiger charge is 2.23. The Morgan fingerprint density at radius 2 is 1.82 bits per heavy atom. The van der Waals surface area contributed by atoms with E-state index < -0.39 is 0 Å². The Morgan fingerprint density at radius 3 is 2.50 bits per heavy atom. The molecular weight excluding hydrogens is 380 g/mol. The molecule has 0 unspecified atom stereocenters. The summed E-state index contributed by atoms with van der Waals surface area (Å²) in [5.74, 6) is 0.857. The second-order valence-electron chi connectivity index (χ2n) is 6.59. The molecule has 0 saturated carbocycles. The number of nitrogens with zero attached hydrogens (tertiary/aromatic N) is 1. The Morgan fingerprint density at radius 1 is 1.07 bits per heavy atom. The van der Waals surface area contributed by atoms with Gasteiger partial charge < -0.3 is 19.7 Å². The summed E-state index contributed by atoms with van der Waals surface area (Å²) in [4.78, 5) is 27.2.